The molecule has 11 nitrogen and oxygen atoms in total. The molecule has 0 aliphatic carbocycles. The Hall–Kier alpha value is -4.31. The number of aliphatic hydroxyl groups is 1. The SMILES string of the molecule is C[C@@H](CO)NCc1ccc2c(c1)nc(NC(=O)c1ccc(-c3cnco3)s1)n2C[C@H]1CCCN1C(=O)C(C#N)=CC(C)(C)C. The van der Waals surface area contributed by atoms with Crippen molar-refractivity contribution in [1.82, 2.24) is 24.8 Å². The van der Waals surface area contributed by atoms with E-state index in [4.69, 9.17) is 9.40 Å². The van der Waals surface area contributed by atoms with Crippen LogP contribution in [-0.4, -0.2) is 61.6 Å². The Labute approximate surface area is 260 Å². The van der Waals surface area contributed by atoms with E-state index in [1.54, 1.807) is 23.2 Å². The van der Waals surface area contributed by atoms with Crippen molar-refractivity contribution in [3.05, 3.63) is 65.0 Å². The van der Waals surface area contributed by atoms with Gasteiger partial charge < -0.3 is 24.3 Å². The second-order valence-corrected chi connectivity index (χ2v) is 13.2. The zero-order valence-electron chi connectivity index (χ0n) is 25.3. The number of benzene rings is 1. The molecule has 0 spiro atoms. The minimum Gasteiger partial charge on any atom is -0.443 e. The number of thiophene rings is 1. The summed E-state index contributed by atoms with van der Waals surface area (Å²) in [7, 11) is 0. The van der Waals surface area contributed by atoms with Gasteiger partial charge in [-0.25, -0.2) is 9.97 Å². The van der Waals surface area contributed by atoms with Gasteiger partial charge in [-0.05, 0) is 55.0 Å². The standard InChI is InChI=1S/C32H37N7O4S/c1-20(18-40)35-15-21-7-8-25-24(12-21)36-31(37-29(41)28-10-9-27(44-28)26-16-34-19-43-26)39(25)17-23-6-5-11-38(23)30(42)22(14-33)13-32(2,3)4/h7-10,12-13,16,19-20,23,35,40H,5-6,11,15,17-18H2,1-4H3,(H,36,37,41)/t20-,23+/m0/s1. The molecule has 0 saturated carbocycles. The van der Waals surface area contributed by atoms with Crippen molar-refractivity contribution in [1.29, 1.82) is 5.26 Å². The topological polar surface area (TPSA) is 149 Å². The van der Waals surface area contributed by atoms with Crippen molar-refractivity contribution < 1.29 is 19.1 Å². The molecule has 2 amide bonds. The van der Waals surface area contributed by atoms with Gasteiger partial charge in [-0.3, -0.25) is 14.9 Å². The lowest BCUT2D eigenvalue weighted by Crippen LogP contribution is -2.39. The minimum atomic E-state index is -0.315. The third-order valence-electron chi connectivity index (χ3n) is 7.43. The third-order valence-corrected chi connectivity index (χ3v) is 8.53. The van der Waals surface area contributed by atoms with Crippen molar-refractivity contribution in [3.63, 3.8) is 0 Å². The first kappa shape index (κ1) is 31.1. The van der Waals surface area contributed by atoms with Crippen LogP contribution in [0.2, 0.25) is 0 Å². The maximum absolute atomic E-state index is 13.5. The molecule has 4 heterocycles. The first-order chi connectivity index (χ1) is 21.1. The molecule has 3 aromatic heterocycles. The number of rotatable bonds is 10. The number of aliphatic hydroxyl groups excluding tert-OH is 1. The quantitative estimate of drug-likeness (QED) is 0.167. The lowest BCUT2D eigenvalue weighted by atomic mass is 9.93. The van der Waals surface area contributed by atoms with Gasteiger partial charge in [0.25, 0.3) is 11.8 Å². The van der Waals surface area contributed by atoms with Crippen molar-refractivity contribution in [2.75, 3.05) is 18.5 Å². The van der Waals surface area contributed by atoms with E-state index in [0.29, 0.717) is 41.7 Å². The first-order valence-electron chi connectivity index (χ1n) is 14.6. The lowest BCUT2D eigenvalue weighted by Gasteiger charge is -2.26. The number of hydrogen-bond donors (Lipinski definition) is 3. The number of amides is 2. The maximum Gasteiger partial charge on any atom is 0.268 e. The Morgan fingerprint density at radius 2 is 2.11 bits per heavy atom. The molecule has 1 aromatic carbocycles. The average molecular weight is 616 g/mol. The molecule has 12 heteroatoms. The number of likely N-dealkylation sites (tertiary alicyclic amines) is 1. The van der Waals surface area contributed by atoms with Crippen LogP contribution in [0.4, 0.5) is 5.95 Å². The predicted molar refractivity (Wildman–Crippen MR) is 169 cm³/mol. The number of oxazole rings is 1. The highest BCUT2D eigenvalue weighted by Gasteiger charge is 2.32. The molecular weight excluding hydrogens is 578 g/mol. The Balaban J connectivity index is 1.45. The summed E-state index contributed by atoms with van der Waals surface area (Å²) in [6, 6.07) is 11.3. The number of carbonyl (C=O) groups is 2. The van der Waals surface area contributed by atoms with Crippen molar-refractivity contribution in [2.45, 2.75) is 65.7 Å². The number of carbonyl (C=O) groups excluding carboxylic acids is 2. The van der Waals surface area contributed by atoms with Crippen molar-refractivity contribution in [2.24, 2.45) is 5.41 Å². The van der Waals surface area contributed by atoms with Crippen LogP contribution in [0.5, 0.6) is 0 Å². The highest BCUT2D eigenvalue weighted by Crippen LogP contribution is 2.30. The molecule has 1 saturated heterocycles. The fraction of sp³-hybridized carbons (Fsp3) is 0.406. The molecule has 230 valence electrons. The van der Waals surface area contributed by atoms with Crippen LogP contribution in [0, 0.1) is 16.7 Å². The van der Waals surface area contributed by atoms with Crippen LogP contribution < -0.4 is 10.6 Å². The number of fused-ring (bicyclic) bond motifs is 1. The van der Waals surface area contributed by atoms with Crippen LogP contribution in [0.15, 0.2) is 59.0 Å². The second kappa shape index (κ2) is 13.1. The zero-order valence-corrected chi connectivity index (χ0v) is 26.1. The zero-order chi connectivity index (χ0) is 31.4. The normalized spacial score (nSPS) is 16.3. The molecule has 1 aliphatic heterocycles. The summed E-state index contributed by atoms with van der Waals surface area (Å²) >= 11 is 1.29. The van der Waals surface area contributed by atoms with Crippen LogP contribution in [-0.2, 0) is 17.9 Å². The summed E-state index contributed by atoms with van der Waals surface area (Å²) in [5, 5.41) is 25.4. The van der Waals surface area contributed by atoms with E-state index >= 15 is 0 Å². The molecule has 4 aromatic rings. The van der Waals surface area contributed by atoms with Gasteiger partial charge in [0.15, 0.2) is 12.2 Å². The largest absolute Gasteiger partial charge is 0.443 e. The Morgan fingerprint density at radius 1 is 1.30 bits per heavy atom. The summed E-state index contributed by atoms with van der Waals surface area (Å²) in [5.41, 5.74) is 2.33. The molecule has 1 fully saturated rings. The van der Waals surface area contributed by atoms with Gasteiger partial charge in [0.1, 0.15) is 11.6 Å². The van der Waals surface area contributed by atoms with Crippen LogP contribution >= 0.6 is 11.3 Å². The molecule has 44 heavy (non-hydrogen) atoms. The fourth-order valence-corrected chi connectivity index (χ4v) is 6.10. The molecule has 0 bridgehead atoms. The van der Waals surface area contributed by atoms with E-state index in [2.05, 4.69) is 21.7 Å². The van der Waals surface area contributed by atoms with Crippen LogP contribution in [0.25, 0.3) is 21.7 Å². The van der Waals surface area contributed by atoms with E-state index in [1.165, 1.54) is 17.7 Å². The highest BCUT2D eigenvalue weighted by atomic mass is 32.1. The lowest BCUT2D eigenvalue weighted by molar-refractivity contribution is -0.127. The van der Waals surface area contributed by atoms with Crippen molar-refractivity contribution in [3.8, 4) is 16.7 Å². The van der Waals surface area contributed by atoms with Crippen LogP contribution in [0.1, 0.15) is 55.8 Å². The summed E-state index contributed by atoms with van der Waals surface area (Å²) in [6.45, 7) is 9.32. The number of hydrogen-bond acceptors (Lipinski definition) is 9. The number of anilines is 1. The number of allylic oxidation sites excluding steroid dienone is 1. The number of imidazole rings is 1. The fourth-order valence-electron chi connectivity index (χ4n) is 5.25. The average Bonchev–Trinajstić information content (AvgIpc) is 3.81. The summed E-state index contributed by atoms with van der Waals surface area (Å²) in [6.07, 6.45) is 6.26. The van der Waals surface area contributed by atoms with E-state index in [0.717, 1.165) is 28.8 Å². The second-order valence-electron chi connectivity index (χ2n) is 12.1. The van der Waals surface area contributed by atoms with Gasteiger partial charge in [-0.2, -0.15) is 5.26 Å². The molecule has 1 aliphatic rings. The molecule has 2 atom stereocenters. The molecule has 0 unspecified atom stereocenters. The monoisotopic (exact) mass is 615 g/mol. The first-order valence-corrected chi connectivity index (χ1v) is 15.5. The minimum absolute atomic E-state index is 0.0307. The summed E-state index contributed by atoms with van der Waals surface area (Å²) in [5.74, 6) is 0.375. The highest BCUT2D eigenvalue weighted by molar-refractivity contribution is 7.17. The summed E-state index contributed by atoms with van der Waals surface area (Å²) in [4.78, 5) is 38.8. The Bertz CT molecular complexity index is 1710. The summed E-state index contributed by atoms with van der Waals surface area (Å²) < 4.78 is 7.32. The Morgan fingerprint density at radius 3 is 2.82 bits per heavy atom. The smallest absolute Gasteiger partial charge is 0.268 e. The van der Waals surface area contributed by atoms with Gasteiger partial charge >= 0.3 is 0 Å². The number of nitrogens with one attached hydrogen (secondary N) is 2. The maximum atomic E-state index is 13.5. The van der Waals surface area contributed by atoms with E-state index in [9.17, 15) is 20.0 Å². The van der Waals surface area contributed by atoms with Crippen LogP contribution in [0.3, 0.4) is 0 Å². The third kappa shape index (κ3) is 7.07. The van der Waals surface area contributed by atoms with Gasteiger partial charge in [0, 0.05) is 25.7 Å². The number of nitrogens with zero attached hydrogens (tertiary/aromatic N) is 5. The molecule has 5 rings (SSSR count). The number of aromatic nitrogens is 3. The predicted octanol–water partition coefficient (Wildman–Crippen LogP) is 4.96. The van der Waals surface area contributed by atoms with Gasteiger partial charge in [0.05, 0.1) is 39.6 Å². The Kier molecular flexibility index (Phi) is 9.29. The van der Waals surface area contributed by atoms with E-state index in [-0.39, 0.29) is 41.5 Å². The van der Waals surface area contributed by atoms with Crippen molar-refractivity contribution >= 4 is 40.1 Å². The number of nitriles is 1. The molecule has 3 N–H and O–H groups in total. The van der Waals surface area contributed by atoms with E-state index < -0.39 is 0 Å². The molecule has 0 radical (unpaired) electrons. The van der Waals surface area contributed by atoms with Gasteiger partial charge in [-0.1, -0.05) is 32.9 Å². The van der Waals surface area contributed by atoms with Gasteiger partial charge in [0.2, 0.25) is 5.95 Å². The molecular formula is C32H37N7O4S. The van der Waals surface area contributed by atoms with E-state index in [1.807, 2.05) is 56.5 Å². The van der Waals surface area contributed by atoms with Gasteiger partial charge in [-0.15, -0.1) is 11.3 Å².